The Morgan fingerprint density at radius 2 is 1.85 bits per heavy atom. The highest BCUT2D eigenvalue weighted by atomic mass is 32.2. The van der Waals surface area contributed by atoms with Crippen molar-refractivity contribution < 1.29 is 28.1 Å². The van der Waals surface area contributed by atoms with Crippen LogP contribution in [0.1, 0.15) is 17.3 Å². The minimum absolute atomic E-state index is 0.00270. The van der Waals surface area contributed by atoms with Crippen molar-refractivity contribution in [2.45, 2.75) is 6.92 Å². The zero-order chi connectivity index (χ0) is 19.3. The third-order valence-corrected chi connectivity index (χ3v) is 4.13. The molecule has 0 aliphatic carbocycles. The van der Waals surface area contributed by atoms with Crippen molar-refractivity contribution in [3.05, 3.63) is 42.0 Å². The normalized spacial score (nSPS) is 11.5. The number of hydrogen-bond donors (Lipinski definition) is 3. The lowest BCUT2D eigenvalue weighted by atomic mass is 10.1. The molecule has 2 rings (SSSR count). The molecule has 140 valence electrons. The second-order valence-electron chi connectivity index (χ2n) is 5.17. The van der Waals surface area contributed by atoms with Gasteiger partial charge in [0, 0.05) is 24.0 Å². The summed E-state index contributed by atoms with van der Waals surface area (Å²) in [4.78, 5) is 13.5. The summed E-state index contributed by atoms with van der Waals surface area (Å²) in [5.41, 5.74) is 1.40. The number of carbonyl (C=O) groups is 1. The molecule has 2 aromatic carbocycles. The molecule has 9 heteroatoms. The standard InChI is InChI=1S/C17H20N2O6S/c1-4-19(12-6-8-15(24-2)16(10-12)25-3)14-7-5-11(18-26(22)23)9-13(14)17(20)21/h5-10,18H,4H2,1-3H3,(H,20,21)(H,22,23). The number of nitrogens with zero attached hydrogens (tertiary/aromatic N) is 1. The Morgan fingerprint density at radius 3 is 2.38 bits per heavy atom. The third-order valence-electron chi connectivity index (χ3n) is 3.72. The molecule has 0 aliphatic heterocycles. The van der Waals surface area contributed by atoms with Gasteiger partial charge in [0.15, 0.2) is 11.5 Å². The van der Waals surface area contributed by atoms with Gasteiger partial charge >= 0.3 is 5.97 Å². The number of carboxylic acid groups (broad SMARTS) is 1. The van der Waals surface area contributed by atoms with Gasteiger partial charge in [0.1, 0.15) is 0 Å². The highest BCUT2D eigenvalue weighted by Gasteiger charge is 2.19. The fourth-order valence-electron chi connectivity index (χ4n) is 2.59. The zero-order valence-corrected chi connectivity index (χ0v) is 15.4. The Labute approximate surface area is 153 Å². The second-order valence-corrected chi connectivity index (χ2v) is 5.87. The first-order chi connectivity index (χ1) is 12.4. The van der Waals surface area contributed by atoms with Crippen LogP contribution in [0.3, 0.4) is 0 Å². The maximum Gasteiger partial charge on any atom is 0.337 e. The summed E-state index contributed by atoms with van der Waals surface area (Å²) in [7, 11) is 3.06. The number of benzene rings is 2. The SMILES string of the molecule is CCN(c1ccc(OC)c(OC)c1)c1ccc(NS(=O)O)cc1C(=O)O. The Morgan fingerprint density at radius 1 is 1.15 bits per heavy atom. The van der Waals surface area contributed by atoms with Gasteiger partial charge in [0.2, 0.25) is 0 Å². The number of methoxy groups -OCH3 is 2. The number of anilines is 3. The monoisotopic (exact) mass is 380 g/mol. The third kappa shape index (κ3) is 4.24. The summed E-state index contributed by atoms with van der Waals surface area (Å²) >= 11 is -2.29. The Kier molecular flexibility index (Phi) is 6.42. The van der Waals surface area contributed by atoms with Crippen molar-refractivity contribution in [1.82, 2.24) is 0 Å². The van der Waals surface area contributed by atoms with Crippen LogP contribution in [0.25, 0.3) is 0 Å². The molecular weight excluding hydrogens is 360 g/mol. The molecule has 0 aliphatic rings. The summed E-state index contributed by atoms with van der Waals surface area (Å²) in [6.45, 7) is 2.38. The molecule has 0 radical (unpaired) electrons. The largest absolute Gasteiger partial charge is 0.493 e. The predicted molar refractivity (Wildman–Crippen MR) is 100 cm³/mol. The topological polar surface area (TPSA) is 108 Å². The van der Waals surface area contributed by atoms with E-state index in [0.717, 1.165) is 5.69 Å². The van der Waals surface area contributed by atoms with Crippen molar-refractivity contribution in [3.8, 4) is 11.5 Å². The Balaban J connectivity index is 2.52. The minimum Gasteiger partial charge on any atom is -0.493 e. The fraction of sp³-hybridized carbons (Fsp3) is 0.235. The minimum atomic E-state index is -2.29. The van der Waals surface area contributed by atoms with Crippen molar-refractivity contribution >= 4 is 34.3 Å². The summed E-state index contributed by atoms with van der Waals surface area (Å²) in [6.07, 6.45) is 0. The van der Waals surface area contributed by atoms with Gasteiger partial charge in [-0.2, -0.15) is 0 Å². The van der Waals surface area contributed by atoms with Gasteiger partial charge in [-0.15, -0.1) is 0 Å². The van der Waals surface area contributed by atoms with Crippen molar-refractivity contribution in [2.24, 2.45) is 0 Å². The summed E-state index contributed by atoms with van der Waals surface area (Å²) < 4.78 is 32.6. The number of aromatic carboxylic acids is 1. The Bertz CT molecular complexity index is 827. The van der Waals surface area contributed by atoms with Crippen LogP contribution in [0, 0.1) is 0 Å². The van der Waals surface area contributed by atoms with E-state index >= 15 is 0 Å². The predicted octanol–water partition coefficient (Wildman–Crippen LogP) is 3.11. The van der Waals surface area contributed by atoms with Crippen LogP contribution in [0.2, 0.25) is 0 Å². The molecule has 0 bridgehead atoms. The van der Waals surface area contributed by atoms with Crippen LogP contribution in [-0.4, -0.2) is 40.6 Å². The molecule has 0 spiro atoms. The molecular formula is C17H20N2O6S. The molecule has 0 heterocycles. The van der Waals surface area contributed by atoms with Crippen LogP contribution in [0.5, 0.6) is 11.5 Å². The first-order valence-corrected chi connectivity index (χ1v) is 8.76. The molecule has 1 atom stereocenters. The summed E-state index contributed by atoms with van der Waals surface area (Å²) in [5, 5.41) is 9.56. The van der Waals surface area contributed by atoms with E-state index in [-0.39, 0.29) is 11.3 Å². The molecule has 0 saturated heterocycles. The molecule has 2 aromatic rings. The average Bonchev–Trinajstić information content (AvgIpc) is 2.62. The zero-order valence-electron chi connectivity index (χ0n) is 14.6. The number of carboxylic acids is 1. The molecule has 1 unspecified atom stereocenters. The number of ether oxygens (including phenoxy) is 2. The van der Waals surface area contributed by atoms with Gasteiger partial charge in [0.05, 0.1) is 25.5 Å². The van der Waals surface area contributed by atoms with Crippen molar-refractivity contribution in [1.29, 1.82) is 0 Å². The van der Waals surface area contributed by atoms with Crippen molar-refractivity contribution in [2.75, 3.05) is 30.4 Å². The van der Waals surface area contributed by atoms with Gasteiger partial charge in [-0.3, -0.25) is 9.27 Å². The maximum absolute atomic E-state index is 11.7. The first-order valence-electron chi connectivity index (χ1n) is 7.65. The molecule has 8 nitrogen and oxygen atoms in total. The molecule has 3 N–H and O–H groups in total. The lowest BCUT2D eigenvalue weighted by Crippen LogP contribution is -2.19. The number of nitrogens with one attached hydrogen (secondary N) is 1. The van der Waals surface area contributed by atoms with E-state index in [2.05, 4.69) is 4.72 Å². The Hall–Kier alpha value is -2.78. The van der Waals surface area contributed by atoms with Gasteiger partial charge < -0.3 is 19.5 Å². The maximum atomic E-state index is 11.7. The van der Waals surface area contributed by atoms with E-state index in [0.29, 0.717) is 23.7 Å². The summed E-state index contributed by atoms with van der Waals surface area (Å²) in [6, 6.07) is 9.73. The van der Waals surface area contributed by atoms with Gasteiger partial charge in [0.25, 0.3) is 11.3 Å². The highest BCUT2D eigenvalue weighted by molar-refractivity contribution is 7.80. The van der Waals surface area contributed by atoms with Gasteiger partial charge in [-0.1, -0.05) is 0 Å². The van der Waals surface area contributed by atoms with E-state index in [9.17, 15) is 14.1 Å². The van der Waals surface area contributed by atoms with Crippen LogP contribution < -0.4 is 19.1 Å². The lowest BCUT2D eigenvalue weighted by Gasteiger charge is -2.26. The fourth-order valence-corrected chi connectivity index (χ4v) is 2.92. The van der Waals surface area contributed by atoms with E-state index in [1.807, 2.05) is 6.92 Å². The van der Waals surface area contributed by atoms with E-state index in [1.165, 1.54) is 20.3 Å². The highest BCUT2D eigenvalue weighted by Crippen LogP contribution is 2.36. The number of rotatable bonds is 8. The molecule has 26 heavy (non-hydrogen) atoms. The second kappa shape index (κ2) is 8.54. The molecule has 0 fully saturated rings. The van der Waals surface area contributed by atoms with E-state index in [1.54, 1.807) is 35.2 Å². The molecule has 0 aromatic heterocycles. The molecule has 0 saturated carbocycles. The number of hydrogen-bond acceptors (Lipinski definition) is 5. The van der Waals surface area contributed by atoms with E-state index < -0.39 is 17.2 Å². The van der Waals surface area contributed by atoms with Crippen LogP contribution in [0.4, 0.5) is 17.1 Å². The van der Waals surface area contributed by atoms with Gasteiger partial charge in [-0.25, -0.2) is 9.00 Å². The average molecular weight is 380 g/mol. The quantitative estimate of drug-likeness (QED) is 0.604. The smallest absolute Gasteiger partial charge is 0.337 e. The van der Waals surface area contributed by atoms with Gasteiger partial charge in [-0.05, 0) is 37.3 Å². The first kappa shape index (κ1) is 19.5. The molecule has 0 amide bonds. The summed E-state index contributed by atoms with van der Waals surface area (Å²) in [5.74, 6) is -0.0590. The van der Waals surface area contributed by atoms with Crippen molar-refractivity contribution in [3.63, 3.8) is 0 Å². The van der Waals surface area contributed by atoms with E-state index in [4.69, 9.17) is 14.0 Å². The van der Waals surface area contributed by atoms with Crippen LogP contribution in [0.15, 0.2) is 36.4 Å². The van der Waals surface area contributed by atoms with Crippen LogP contribution >= 0.6 is 0 Å². The van der Waals surface area contributed by atoms with Crippen LogP contribution in [-0.2, 0) is 11.3 Å². The lowest BCUT2D eigenvalue weighted by molar-refractivity contribution is 0.0697.